The molecule has 1 aliphatic carbocycles. The second kappa shape index (κ2) is 6.39. The molecule has 3 nitrogen and oxygen atoms in total. The van der Waals surface area contributed by atoms with Gasteiger partial charge in [-0.15, -0.1) is 0 Å². The lowest BCUT2D eigenvalue weighted by Crippen LogP contribution is -2.48. The normalized spacial score (nSPS) is 23.4. The van der Waals surface area contributed by atoms with E-state index in [2.05, 4.69) is 19.2 Å². The van der Waals surface area contributed by atoms with E-state index in [-0.39, 0.29) is 5.91 Å². The molecule has 0 saturated heterocycles. The van der Waals surface area contributed by atoms with Crippen LogP contribution in [0.15, 0.2) is 0 Å². The molecule has 0 radical (unpaired) electrons. The third-order valence-corrected chi connectivity index (χ3v) is 4.12. The molecule has 1 saturated carbocycles. The van der Waals surface area contributed by atoms with Crippen molar-refractivity contribution in [1.29, 1.82) is 0 Å². The lowest BCUT2D eigenvalue weighted by Gasteiger charge is -2.39. The minimum atomic E-state index is 0.233. The van der Waals surface area contributed by atoms with Crippen molar-refractivity contribution < 1.29 is 4.79 Å². The molecule has 0 aromatic rings. The maximum atomic E-state index is 11.9. The van der Waals surface area contributed by atoms with Crippen LogP contribution in [0.4, 0.5) is 0 Å². The van der Waals surface area contributed by atoms with Crippen LogP contribution in [0.25, 0.3) is 0 Å². The van der Waals surface area contributed by atoms with Crippen LogP contribution in [0.1, 0.15) is 53.4 Å². The molecule has 100 valence electrons. The Morgan fingerprint density at radius 1 is 1.29 bits per heavy atom. The van der Waals surface area contributed by atoms with Crippen LogP contribution in [0, 0.1) is 5.41 Å². The smallest absolute Gasteiger partial charge is 0.236 e. The van der Waals surface area contributed by atoms with Crippen molar-refractivity contribution in [3.63, 3.8) is 0 Å². The third kappa shape index (κ3) is 3.98. The summed E-state index contributed by atoms with van der Waals surface area (Å²) in [6, 6.07) is 0.496. The predicted molar refractivity (Wildman–Crippen MR) is 72.0 cm³/mol. The molecule has 1 fully saturated rings. The Hall–Kier alpha value is -0.570. The van der Waals surface area contributed by atoms with Gasteiger partial charge in [0.2, 0.25) is 5.91 Å². The first-order valence-electron chi connectivity index (χ1n) is 7.02. The second-order valence-electron chi connectivity index (χ2n) is 5.73. The van der Waals surface area contributed by atoms with Crippen LogP contribution in [-0.4, -0.2) is 36.5 Å². The van der Waals surface area contributed by atoms with Gasteiger partial charge >= 0.3 is 0 Å². The largest absolute Gasteiger partial charge is 0.342 e. The van der Waals surface area contributed by atoms with Crippen LogP contribution >= 0.6 is 0 Å². The maximum Gasteiger partial charge on any atom is 0.236 e. The SMILES string of the molecule is CCN(CC)C(=O)CNC1CCCCC1(C)C. The first kappa shape index (κ1) is 14.5. The Balaban J connectivity index is 2.41. The molecule has 0 aromatic carbocycles. The Labute approximate surface area is 106 Å². The van der Waals surface area contributed by atoms with Gasteiger partial charge in [-0.2, -0.15) is 0 Å². The average Bonchev–Trinajstić information content (AvgIpc) is 2.28. The maximum absolute atomic E-state index is 11.9. The van der Waals surface area contributed by atoms with Crippen LogP contribution in [0.3, 0.4) is 0 Å². The highest BCUT2D eigenvalue weighted by Crippen LogP contribution is 2.35. The fourth-order valence-electron chi connectivity index (χ4n) is 2.77. The van der Waals surface area contributed by atoms with Gasteiger partial charge in [0.25, 0.3) is 0 Å². The van der Waals surface area contributed by atoms with Crippen molar-refractivity contribution in [2.75, 3.05) is 19.6 Å². The summed E-state index contributed by atoms with van der Waals surface area (Å²) in [6.07, 6.45) is 5.10. The van der Waals surface area contributed by atoms with Gasteiger partial charge in [-0.1, -0.05) is 26.7 Å². The number of hydrogen-bond donors (Lipinski definition) is 1. The van der Waals surface area contributed by atoms with E-state index in [4.69, 9.17) is 0 Å². The summed E-state index contributed by atoms with van der Waals surface area (Å²) in [5.41, 5.74) is 0.335. The summed E-state index contributed by atoms with van der Waals surface area (Å²) < 4.78 is 0. The fourth-order valence-corrected chi connectivity index (χ4v) is 2.77. The summed E-state index contributed by atoms with van der Waals surface area (Å²) in [6.45, 7) is 10.8. The van der Waals surface area contributed by atoms with E-state index < -0.39 is 0 Å². The molecule has 0 aromatic heterocycles. The van der Waals surface area contributed by atoms with Gasteiger partial charge in [0.1, 0.15) is 0 Å². The second-order valence-corrected chi connectivity index (χ2v) is 5.73. The highest BCUT2D eigenvalue weighted by atomic mass is 16.2. The number of rotatable bonds is 5. The zero-order chi connectivity index (χ0) is 12.9. The first-order valence-corrected chi connectivity index (χ1v) is 7.02. The first-order chi connectivity index (χ1) is 8.01. The summed E-state index contributed by atoms with van der Waals surface area (Å²) in [5.74, 6) is 0.233. The van der Waals surface area contributed by atoms with E-state index in [1.165, 1.54) is 25.7 Å². The van der Waals surface area contributed by atoms with Crippen molar-refractivity contribution in [2.45, 2.75) is 59.4 Å². The molecule has 1 N–H and O–H groups in total. The summed E-state index contributed by atoms with van der Waals surface area (Å²) in [7, 11) is 0. The van der Waals surface area contributed by atoms with Crippen LogP contribution in [0.5, 0.6) is 0 Å². The van der Waals surface area contributed by atoms with E-state index in [0.717, 1.165) is 13.1 Å². The minimum Gasteiger partial charge on any atom is -0.342 e. The zero-order valence-electron chi connectivity index (χ0n) is 11.9. The Kier molecular flexibility index (Phi) is 5.44. The molecule has 0 aliphatic heterocycles. The molecular weight excluding hydrogens is 212 g/mol. The number of nitrogens with one attached hydrogen (secondary N) is 1. The van der Waals surface area contributed by atoms with Crippen molar-refractivity contribution in [1.82, 2.24) is 10.2 Å². The standard InChI is InChI=1S/C14H28N2O/c1-5-16(6-2)13(17)11-15-12-9-7-8-10-14(12,3)4/h12,15H,5-11H2,1-4H3. The molecule has 0 spiro atoms. The van der Waals surface area contributed by atoms with E-state index in [0.29, 0.717) is 18.0 Å². The number of amides is 1. The molecule has 17 heavy (non-hydrogen) atoms. The number of carbonyl (C=O) groups excluding carboxylic acids is 1. The predicted octanol–water partition coefficient (Wildman–Crippen LogP) is 2.41. The highest BCUT2D eigenvalue weighted by molar-refractivity contribution is 5.78. The van der Waals surface area contributed by atoms with Crippen LogP contribution < -0.4 is 5.32 Å². The van der Waals surface area contributed by atoms with Gasteiger partial charge in [0.05, 0.1) is 6.54 Å². The van der Waals surface area contributed by atoms with Gasteiger partial charge in [-0.25, -0.2) is 0 Å². The molecule has 1 aliphatic rings. The average molecular weight is 240 g/mol. The van der Waals surface area contributed by atoms with Gasteiger partial charge < -0.3 is 10.2 Å². The lowest BCUT2D eigenvalue weighted by molar-refractivity contribution is -0.130. The zero-order valence-corrected chi connectivity index (χ0v) is 11.9. The molecule has 3 heteroatoms. The molecule has 1 unspecified atom stereocenters. The van der Waals surface area contributed by atoms with E-state index >= 15 is 0 Å². The highest BCUT2D eigenvalue weighted by Gasteiger charge is 2.32. The minimum absolute atomic E-state index is 0.233. The van der Waals surface area contributed by atoms with Crippen molar-refractivity contribution in [3.8, 4) is 0 Å². The van der Waals surface area contributed by atoms with Gasteiger partial charge in [-0.3, -0.25) is 4.79 Å². The van der Waals surface area contributed by atoms with E-state index in [9.17, 15) is 4.79 Å². The van der Waals surface area contributed by atoms with Crippen molar-refractivity contribution in [2.24, 2.45) is 5.41 Å². The van der Waals surface area contributed by atoms with Crippen LogP contribution in [0.2, 0.25) is 0 Å². The Morgan fingerprint density at radius 2 is 1.94 bits per heavy atom. The van der Waals surface area contributed by atoms with Crippen LogP contribution in [-0.2, 0) is 4.79 Å². The molecule has 0 bridgehead atoms. The number of likely N-dealkylation sites (N-methyl/N-ethyl adjacent to an activating group) is 1. The van der Waals surface area contributed by atoms with E-state index in [1.807, 2.05) is 18.7 Å². The van der Waals surface area contributed by atoms with Gasteiger partial charge in [0, 0.05) is 19.1 Å². The monoisotopic (exact) mass is 240 g/mol. The third-order valence-electron chi connectivity index (χ3n) is 4.12. The summed E-state index contributed by atoms with van der Waals surface area (Å²) in [4.78, 5) is 13.8. The van der Waals surface area contributed by atoms with Crippen molar-refractivity contribution in [3.05, 3.63) is 0 Å². The Morgan fingerprint density at radius 3 is 2.47 bits per heavy atom. The summed E-state index contributed by atoms with van der Waals surface area (Å²) in [5, 5.41) is 3.47. The number of carbonyl (C=O) groups is 1. The fraction of sp³-hybridized carbons (Fsp3) is 0.929. The topological polar surface area (TPSA) is 32.3 Å². The number of hydrogen-bond acceptors (Lipinski definition) is 2. The number of nitrogens with zero attached hydrogens (tertiary/aromatic N) is 1. The van der Waals surface area contributed by atoms with Gasteiger partial charge in [-0.05, 0) is 32.1 Å². The quantitative estimate of drug-likeness (QED) is 0.800. The molecule has 1 rings (SSSR count). The summed E-state index contributed by atoms with van der Waals surface area (Å²) >= 11 is 0. The van der Waals surface area contributed by atoms with E-state index in [1.54, 1.807) is 0 Å². The molecular formula is C14H28N2O. The molecule has 1 atom stereocenters. The lowest BCUT2D eigenvalue weighted by atomic mass is 9.73. The molecule has 1 amide bonds. The molecule has 0 heterocycles. The van der Waals surface area contributed by atoms with Crippen molar-refractivity contribution >= 4 is 5.91 Å². The van der Waals surface area contributed by atoms with Gasteiger partial charge in [0.15, 0.2) is 0 Å². The Bertz CT molecular complexity index is 247.